The summed E-state index contributed by atoms with van der Waals surface area (Å²) in [5, 5.41) is 3.42. The van der Waals surface area contributed by atoms with Crippen molar-refractivity contribution < 1.29 is 4.74 Å². The quantitative estimate of drug-likeness (QED) is 0.896. The largest absolute Gasteiger partial charge is 0.437 e. The van der Waals surface area contributed by atoms with Gasteiger partial charge >= 0.3 is 0 Å². The number of benzene rings is 1. The predicted molar refractivity (Wildman–Crippen MR) is 80.0 cm³/mol. The fraction of sp³-hybridized carbons (Fsp3) is 0.267. The molecule has 2 heterocycles. The highest BCUT2D eigenvalue weighted by atomic mass is 79.9. The number of aryl methyl sites for hydroxylation is 2. The van der Waals surface area contributed by atoms with Crippen molar-refractivity contribution >= 4 is 21.6 Å². The summed E-state index contributed by atoms with van der Waals surface area (Å²) in [5.74, 6) is 1.48. The maximum atomic E-state index is 5.92. The summed E-state index contributed by atoms with van der Waals surface area (Å²) in [4.78, 5) is 4.29. The highest BCUT2D eigenvalue weighted by Crippen LogP contribution is 2.35. The average molecular weight is 319 g/mol. The second kappa shape index (κ2) is 5.21. The van der Waals surface area contributed by atoms with Gasteiger partial charge in [-0.25, -0.2) is 4.98 Å². The van der Waals surface area contributed by atoms with Crippen LogP contribution in [0.2, 0.25) is 0 Å². The van der Waals surface area contributed by atoms with Crippen molar-refractivity contribution in [1.29, 1.82) is 0 Å². The van der Waals surface area contributed by atoms with Gasteiger partial charge in [0.1, 0.15) is 0 Å². The molecule has 3 nitrogen and oxygen atoms in total. The van der Waals surface area contributed by atoms with Crippen LogP contribution in [0.1, 0.15) is 17.5 Å². The van der Waals surface area contributed by atoms with Crippen molar-refractivity contribution in [2.24, 2.45) is 0 Å². The molecule has 1 N–H and O–H groups in total. The highest BCUT2D eigenvalue weighted by molar-refractivity contribution is 9.10. The van der Waals surface area contributed by atoms with Crippen molar-refractivity contribution in [1.82, 2.24) is 4.98 Å². The van der Waals surface area contributed by atoms with E-state index in [-0.39, 0.29) is 0 Å². The zero-order valence-corrected chi connectivity index (χ0v) is 12.3. The first-order valence-corrected chi connectivity index (χ1v) is 7.19. The van der Waals surface area contributed by atoms with Crippen molar-refractivity contribution in [2.75, 3.05) is 11.9 Å². The van der Waals surface area contributed by atoms with E-state index in [1.165, 1.54) is 12.0 Å². The minimum Gasteiger partial charge on any atom is -0.437 e. The van der Waals surface area contributed by atoms with Crippen LogP contribution in [0.15, 0.2) is 34.9 Å². The molecule has 0 unspecified atom stereocenters. The Kier molecular flexibility index (Phi) is 3.42. The number of ether oxygens (including phenoxy) is 1. The third-order valence-corrected chi connectivity index (χ3v) is 4.10. The van der Waals surface area contributed by atoms with Gasteiger partial charge in [-0.05, 0) is 52.9 Å². The second-order valence-electron chi connectivity index (χ2n) is 4.69. The van der Waals surface area contributed by atoms with Crippen LogP contribution in [0.5, 0.6) is 11.6 Å². The summed E-state index contributed by atoms with van der Waals surface area (Å²) in [6, 6.07) is 8.10. The number of pyridine rings is 1. The molecule has 1 aromatic carbocycles. The van der Waals surface area contributed by atoms with Gasteiger partial charge in [-0.15, -0.1) is 0 Å². The molecule has 2 aromatic rings. The molecule has 0 atom stereocenters. The molecule has 98 valence electrons. The Morgan fingerprint density at radius 2 is 2.26 bits per heavy atom. The van der Waals surface area contributed by atoms with E-state index in [2.05, 4.69) is 32.3 Å². The minimum atomic E-state index is 0.626. The molecule has 0 saturated heterocycles. The van der Waals surface area contributed by atoms with Gasteiger partial charge in [0, 0.05) is 23.3 Å². The molecule has 0 bridgehead atoms. The maximum Gasteiger partial charge on any atom is 0.219 e. The van der Waals surface area contributed by atoms with Crippen molar-refractivity contribution in [3.05, 3.63) is 46.1 Å². The standard InChI is InChI=1S/C15H15BrN2O/c1-10-8-14(18-9-12(10)16)19-13-6-2-4-11-5-3-7-17-15(11)13/h2,4,6,8-9,17H,3,5,7H2,1H3. The Balaban J connectivity index is 1.92. The fourth-order valence-electron chi connectivity index (χ4n) is 2.24. The summed E-state index contributed by atoms with van der Waals surface area (Å²) in [6.07, 6.45) is 4.05. The molecule has 19 heavy (non-hydrogen) atoms. The lowest BCUT2D eigenvalue weighted by Gasteiger charge is -2.20. The molecule has 0 fully saturated rings. The summed E-state index contributed by atoms with van der Waals surface area (Å²) >= 11 is 3.44. The van der Waals surface area contributed by atoms with Gasteiger partial charge in [0.05, 0.1) is 5.69 Å². The number of hydrogen-bond acceptors (Lipinski definition) is 3. The van der Waals surface area contributed by atoms with Crippen LogP contribution in [0.25, 0.3) is 0 Å². The van der Waals surface area contributed by atoms with Crippen LogP contribution >= 0.6 is 15.9 Å². The SMILES string of the molecule is Cc1cc(Oc2cccc3c2NCCC3)ncc1Br. The minimum absolute atomic E-state index is 0.626. The van der Waals surface area contributed by atoms with Crippen LogP contribution in [0, 0.1) is 6.92 Å². The van der Waals surface area contributed by atoms with Crippen molar-refractivity contribution in [3.63, 3.8) is 0 Å². The predicted octanol–water partition coefficient (Wildman–Crippen LogP) is 4.30. The third-order valence-electron chi connectivity index (χ3n) is 3.27. The van der Waals surface area contributed by atoms with Gasteiger partial charge in [0.15, 0.2) is 5.75 Å². The molecule has 0 saturated carbocycles. The van der Waals surface area contributed by atoms with Crippen LogP contribution in [0.3, 0.4) is 0 Å². The van der Waals surface area contributed by atoms with Gasteiger partial charge in [0.2, 0.25) is 5.88 Å². The number of anilines is 1. The number of nitrogens with zero attached hydrogens (tertiary/aromatic N) is 1. The van der Waals surface area contributed by atoms with E-state index in [1.54, 1.807) is 6.20 Å². The van der Waals surface area contributed by atoms with E-state index in [0.717, 1.165) is 34.4 Å². The number of rotatable bonds is 2. The Labute approximate surface area is 121 Å². The molecule has 0 amide bonds. The lowest BCUT2D eigenvalue weighted by molar-refractivity contribution is 0.462. The van der Waals surface area contributed by atoms with E-state index < -0.39 is 0 Å². The lowest BCUT2D eigenvalue weighted by atomic mass is 10.0. The van der Waals surface area contributed by atoms with E-state index in [1.807, 2.05) is 25.1 Å². The molecule has 1 aliphatic rings. The van der Waals surface area contributed by atoms with Gasteiger partial charge in [-0.3, -0.25) is 0 Å². The number of halogens is 1. The molecule has 1 aliphatic heterocycles. The number of para-hydroxylation sites is 1. The van der Waals surface area contributed by atoms with Crippen molar-refractivity contribution in [2.45, 2.75) is 19.8 Å². The highest BCUT2D eigenvalue weighted by Gasteiger charge is 2.14. The number of nitrogens with one attached hydrogen (secondary N) is 1. The Bertz CT molecular complexity index is 613. The summed E-state index contributed by atoms with van der Waals surface area (Å²) in [7, 11) is 0. The monoisotopic (exact) mass is 318 g/mol. The molecule has 3 rings (SSSR count). The van der Waals surface area contributed by atoms with Crippen LogP contribution in [-0.4, -0.2) is 11.5 Å². The summed E-state index contributed by atoms with van der Waals surface area (Å²) in [6.45, 7) is 3.03. The first kappa shape index (κ1) is 12.5. The molecule has 1 aromatic heterocycles. The van der Waals surface area contributed by atoms with Gasteiger partial charge < -0.3 is 10.1 Å². The van der Waals surface area contributed by atoms with E-state index in [0.29, 0.717) is 5.88 Å². The summed E-state index contributed by atoms with van der Waals surface area (Å²) in [5.41, 5.74) is 3.54. The Hall–Kier alpha value is -1.55. The second-order valence-corrected chi connectivity index (χ2v) is 5.55. The maximum absolute atomic E-state index is 5.92. The first-order valence-electron chi connectivity index (χ1n) is 6.40. The third kappa shape index (κ3) is 2.59. The topological polar surface area (TPSA) is 34.1 Å². The normalized spacial score (nSPS) is 13.6. The zero-order chi connectivity index (χ0) is 13.2. The molecule has 0 radical (unpaired) electrons. The number of hydrogen-bond donors (Lipinski definition) is 1. The molecule has 0 spiro atoms. The molecular weight excluding hydrogens is 304 g/mol. The van der Waals surface area contributed by atoms with Gasteiger partial charge in [-0.2, -0.15) is 0 Å². The van der Waals surface area contributed by atoms with E-state index >= 15 is 0 Å². The average Bonchev–Trinajstić information content (AvgIpc) is 2.43. The van der Waals surface area contributed by atoms with Gasteiger partial charge in [-0.1, -0.05) is 12.1 Å². The van der Waals surface area contributed by atoms with E-state index in [9.17, 15) is 0 Å². The number of fused-ring (bicyclic) bond motifs is 1. The van der Waals surface area contributed by atoms with Crippen LogP contribution in [0.4, 0.5) is 5.69 Å². The Morgan fingerprint density at radius 3 is 3.11 bits per heavy atom. The molecular formula is C15H15BrN2O. The molecule has 4 heteroatoms. The lowest BCUT2D eigenvalue weighted by Crippen LogP contribution is -2.12. The van der Waals surface area contributed by atoms with Crippen LogP contribution < -0.4 is 10.1 Å². The first-order chi connectivity index (χ1) is 9.24. The summed E-state index contributed by atoms with van der Waals surface area (Å²) < 4.78 is 6.91. The van der Waals surface area contributed by atoms with Crippen molar-refractivity contribution in [3.8, 4) is 11.6 Å². The van der Waals surface area contributed by atoms with E-state index in [4.69, 9.17) is 4.74 Å². The van der Waals surface area contributed by atoms with Gasteiger partial charge in [0.25, 0.3) is 0 Å². The van der Waals surface area contributed by atoms with Crippen LogP contribution in [-0.2, 0) is 6.42 Å². The molecule has 0 aliphatic carbocycles. The fourth-order valence-corrected chi connectivity index (χ4v) is 2.46. The zero-order valence-electron chi connectivity index (χ0n) is 10.7. The smallest absolute Gasteiger partial charge is 0.219 e. The number of aromatic nitrogens is 1. The Morgan fingerprint density at radius 1 is 1.37 bits per heavy atom.